The smallest absolute Gasteiger partial charge is 0.229 e. The van der Waals surface area contributed by atoms with Crippen molar-refractivity contribution in [2.75, 3.05) is 18.4 Å². The minimum absolute atomic E-state index is 0.131. The molecule has 2 atom stereocenters. The van der Waals surface area contributed by atoms with Gasteiger partial charge in [-0.1, -0.05) is 5.16 Å². The van der Waals surface area contributed by atoms with Crippen LogP contribution in [0.2, 0.25) is 0 Å². The number of carbonyl (C=O) groups is 2. The number of rotatable bonds is 3. The third-order valence-electron chi connectivity index (χ3n) is 3.99. The molecule has 108 valence electrons. The van der Waals surface area contributed by atoms with Crippen LogP contribution in [0.3, 0.4) is 0 Å². The first-order chi connectivity index (χ1) is 9.65. The van der Waals surface area contributed by atoms with Gasteiger partial charge in [0, 0.05) is 19.2 Å². The molecule has 0 bridgehead atoms. The number of likely N-dealkylation sites (tertiary alicyclic amines) is 1. The maximum atomic E-state index is 12.2. The summed E-state index contributed by atoms with van der Waals surface area (Å²) in [5.41, 5.74) is 0. The molecule has 1 aromatic rings. The molecule has 2 unspecified atom stereocenters. The van der Waals surface area contributed by atoms with Gasteiger partial charge in [0.2, 0.25) is 11.8 Å². The summed E-state index contributed by atoms with van der Waals surface area (Å²) < 4.78 is 4.90. The number of hydrogen-bond acceptors (Lipinski definition) is 4. The second-order valence-electron chi connectivity index (χ2n) is 5.65. The Hall–Kier alpha value is -1.85. The molecule has 2 aliphatic rings. The molecule has 0 aromatic carbocycles. The van der Waals surface area contributed by atoms with E-state index in [0.717, 1.165) is 25.9 Å². The van der Waals surface area contributed by atoms with Crippen LogP contribution in [0.1, 0.15) is 31.4 Å². The molecule has 1 aromatic heterocycles. The van der Waals surface area contributed by atoms with Crippen LogP contribution < -0.4 is 5.32 Å². The Morgan fingerprint density at radius 3 is 2.70 bits per heavy atom. The van der Waals surface area contributed by atoms with E-state index in [1.165, 1.54) is 6.42 Å². The Balaban J connectivity index is 1.52. The normalized spacial score (nSPS) is 25.4. The highest BCUT2D eigenvalue weighted by molar-refractivity contribution is 5.99. The van der Waals surface area contributed by atoms with Crippen LogP contribution in [0.15, 0.2) is 10.6 Å². The van der Waals surface area contributed by atoms with Crippen LogP contribution in [0.5, 0.6) is 0 Å². The number of aromatic nitrogens is 1. The number of nitrogens with one attached hydrogen (secondary N) is 1. The fraction of sp³-hybridized carbons (Fsp3) is 0.643. The summed E-state index contributed by atoms with van der Waals surface area (Å²) in [7, 11) is 0. The van der Waals surface area contributed by atoms with Crippen molar-refractivity contribution in [1.82, 2.24) is 10.1 Å². The fourth-order valence-electron chi connectivity index (χ4n) is 2.75. The molecule has 0 radical (unpaired) electrons. The van der Waals surface area contributed by atoms with Crippen LogP contribution in [-0.2, 0) is 9.59 Å². The summed E-state index contributed by atoms with van der Waals surface area (Å²) in [6, 6.07) is 1.67. The molecule has 0 spiro atoms. The number of nitrogens with zero attached hydrogens (tertiary/aromatic N) is 2. The molecule has 1 aliphatic heterocycles. The largest absolute Gasteiger partial charge is 0.360 e. The van der Waals surface area contributed by atoms with Gasteiger partial charge >= 0.3 is 0 Å². The number of anilines is 1. The molecule has 1 saturated carbocycles. The average molecular weight is 277 g/mol. The molecule has 3 rings (SSSR count). The minimum Gasteiger partial charge on any atom is -0.360 e. The molecular weight excluding hydrogens is 258 g/mol. The first-order valence-electron chi connectivity index (χ1n) is 7.18. The Morgan fingerprint density at radius 2 is 2.05 bits per heavy atom. The Labute approximate surface area is 117 Å². The van der Waals surface area contributed by atoms with Crippen LogP contribution in [-0.4, -0.2) is 35.0 Å². The quantitative estimate of drug-likeness (QED) is 0.910. The summed E-state index contributed by atoms with van der Waals surface area (Å²) in [5, 5.41) is 6.42. The molecule has 6 nitrogen and oxygen atoms in total. The number of piperidine rings is 1. The summed E-state index contributed by atoms with van der Waals surface area (Å²) in [4.78, 5) is 26.2. The molecule has 2 amide bonds. The summed E-state index contributed by atoms with van der Waals surface area (Å²) in [5.74, 6) is 0.734. The van der Waals surface area contributed by atoms with Gasteiger partial charge in [-0.05, 0) is 32.6 Å². The van der Waals surface area contributed by atoms with E-state index in [1.807, 2.05) is 4.90 Å². The molecule has 2 heterocycles. The highest BCUT2D eigenvalue weighted by Gasteiger charge is 2.49. The molecule has 6 heteroatoms. The maximum Gasteiger partial charge on any atom is 0.229 e. The Morgan fingerprint density at radius 1 is 1.30 bits per heavy atom. The standard InChI is InChI=1S/C14H19N3O3/c1-9-7-12(16-20-9)15-13(18)10-8-11(10)14(19)17-5-3-2-4-6-17/h7,10-11H,2-6,8H2,1H3,(H,15,16,18). The van der Waals surface area contributed by atoms with Crippen molar-refractivity contribution in [2.45, 2.75) is 32.6 Å². The van der Waals surface area contributed by atoms with E-state index in [1.54, 1.807) is 13.0 Å². The van der Waals surface area contributed by atoms with Crippen LogP contribution in [0.4, 0.5) is 5.82 Å². The molecule has 1 N–H and O–H groups in total. The van der Waals surface area contributed by atoms with E-state index in [0.29, 0.717) is 18.0 Å². The van der Waals surface area contributed by atoms with Crippen LogP contribution >= 0.6 is 0 Å². The van der Waals surface area contributed by atoms with Crippen LogP contribution in [0.25, 0.3) is 0 Å². The summed E-state index contributed by atoms with van der Waals surface area (Å²) in [6.45, 7) is 3.45. The topological polar surface area (TPSA) is 75.4 Å². The zero-order valence-electron chi connectivity index (χ0n) is 11.6. The number of aryl methyl sites for hydroxylation is 1. The lowest BCUT2D eigenvalue weighted by atomic mass is 10.1. The van der Waals surface area contributed by atoms with Gasteiger partial charge in [-0.2, -0.15) is 0 Å². The predicted molar refractivity (Wildman–Crippen MR) is 71.9 cm³/mol. The Bertz CT molecular complexity index is 519. The van der Waals surface area contributed by atoms with Crippen molar-refractivity contribution >= 4 is 17.6 Å². The molecule has 20 heavy (non-hydrogen) atoms. The van der Waals surface area contributed by atoms with Crippen molar-refractivity contribution in [3.8, 4) is 0 Å². The lowest BCUT2D eigenvalue weighted by molar-refractivity contribution is -0.134. The lowest BCUT2D eigenvalue weighted by Gasteiger charge is -2.26. The first-order valence-corrected chi connectivity index (χ1v) is 7.18. The fourth-order valence-corrected chi connectivity index (χ4v) is 2.75. The monoisotopic (exact) mass is 277 g/mol. The summed E-state index contributed by atoms with van der Waals surface area (Å²) >= 11 is 0. The summed E-state index contributed by atoms with van der Waals surface area (Å²) in [6.07, 6.45) is 4.00. The van der Waals surface area contributed by atoms with Crippen molar-refractivity contribution in [1.29, 1.82) is 0 Å². The lowest BCUT2D eigenvalue weighted by Crippen LogP contribution is -2.37. The van der Waals surface area contributed by atoms with Gasteiger partial charge in [0.25, 0.3) is 0 Å². The van der Waals surface area contributed by atoms with Gasteiger partial charge in [-0.3, -0.25) is 9.59 Å². The number of carbonyl (C=O) groups excluding carboxylic acids is 2. The van der Waals surface area contributed by atoms with Gasteiger partial charge in [0.05, 0.1) is 11.8 Å². The van der Waals surface area contributed by atoms with E-state index in [-0.39, 0.29) is 23.7 Å². The average Bonchev–Trinajstić information content (AvgIpc) is 3.17. The van der Waals surface area contributed by atoms with Gasteiger partial charge in [0.15, 0.2) is 5.82 Å². The second kappa shape index (κ2) is 5.26. The third-order valence-corrected chi connectivity index (χ3v) is 3.99. The van der Waals surface area contributed by atoms with E-state index >= 15 is 0 Å². The number of hydrogen-bond donors (Lipinski definition) is 1. The van der Waals surface area contributed by atoms with E-state index in [9.17, 15) is 9.59 Å². The highest BCUT2D eigenvalue weighted by atomic mass is 16.5. The molecule has 1 saturated heterocycles. The van der Waals surface area contributed by atoms with E-state index in [2.05, 4.69) is 10.5 Å². The minimum atomic E-state index is -0.207. The number of amides is 2. The molecular formula is C14H19N3O3. The third kappa shape index (κ3) is 2.69. The van der Waals surface area contributed by atoms with E-state index < -0.39 is 0 Å². The predicted octanol–water partition coefficient (Wildman–Crippen LogP) is 1.57. The SMILES string of the molecule is Cc1cc(NC(=O)C2CC2C(=O)N2CCCCC2)no1. The van der Waals surface area contributed by atoms with E-state index in [4.69, 9.17) is 4.52 Å². The van der Waals surface area contributed by atoms with Gasteiger partial charge < -0.3 is 14.7 Å². The van der Waals surface area contributed by atoms with Gasteiger partial charge in [0.1, 0.15) is 5.76 Å². The Kier molecular flexibility index (Phi) is 3.46. The zero-order chi connectivity index (χ0) is 14.1. The zero-order valence-corrected chi connectivity index (χ0v) is 11.6. The molecule has 1 aliphatic carbocycles. The highest BCUT2D eigenvalue weighted by Crippen LogP contribution is 2.41. The van der Waals surface area contributed by atoms with Crippen molar-refractivity contribution in [3.63, 3.8) is 0 Å². The van der Waals surface area contributed by atoms with Crippen LogP contribution in [0, 0.1) is 18.8 Å². The van der Waals surface area contributed by atoms with Gasteiger partial charge in [-0.15, -0.1) is 0 Å². The maximum absolute atomic E-state index is 12.2. The first kappa shape index (κ1) is 13.1. The van der Waals surface area contributed by atoms with Crippen molar-refractivity contribution in [3.05, 3.63) is 11.8 Å². The second-order valence-corrected chi connectivity index (χ2v) is 5.65. The van der Waals surface area contributed by atoms with Gasteiger partial charge in [-0.25, -0.2) is 0 Å². The van der Waals surface area contributed by atoms with Crippen molar-refractivity contribution < 1.29 is 14.1 Å². The van der Waals surface area contributed by atoms with Crippen molar-refractivity contribution in [2.24, 2.45) is 11.8 Å². The molecule has 2 fully saturated rings.